The highest BCUT2D eigenvalue weighted by atomic mass is 16.5. The summed E-state index contributed by atoms with van der Waals surface area (Å²) in [7, 11) is 6.46. The molecular weight excluding hydrogens is 458 g/mol. The van der Waals surface area contributed by atoms with Crippen LogP contribution in [0.5, 0.6) is 0 Å². The molecule has 7 bridgehead atoms. The number of fused-ring (bicyclic) bond motifs is 2. The van der Waals surface area contributed by atoms with E-state index in [9.17, 15) is 19.8 Å². The van der Waals surface area contributed by atoms with E-state index in [1.54, 1.807) is 21.3 Å². The summed E-state index contributed by atoms with van der Waals surface area (Å²) in [6.45, 7) is 1.22. The topological polar surface area (TPSA) is 133 Å². The second kappa shape index (κ2) is 7.39. The zero-order chi connectivity index (χ0) is 25.1. The van der Waals surface area contributed by atoms with Crippen LogP contribution in [0.3, 0.4) is 0 Å². The maximum atomic E-state index is 13.8. The molecule has 5 saturated carbocycles. The Labute approximate surface area is 204 Å². The Morgan fingerprint density at radius 2 is 1.86 bits per heavy atom. The van der Waals surface area contributed by atoms with Crippen molar-refractivity contribution in [3.63, 3.8) is 0 Å². The van der Waals surface area contributed by atoms with Gasteiger partial charge in [-0.25, -0.2) is 0 Å². The number of piperidine rings is 1. The summed E-state index contributed by atoms with van der Waals surface area (Å²) in [4.78, 5) is 25.7. The van der Waals surface area contributed by atoms with Crippen LogP contribution >= 0.6 is 0 Å². The smallest absolute Gasteiger partial charge is 0.302 e. The number of methoxy groups -OCH3 is 4. The molecule has 1 amide bonds. The standard InChI is InChI=1S/C25H37NO9/c1-11(27)35-10-22-7-6-15(32-3)24-13-8-12-14(31-2)9-23(29,16(13)17(12)33-4)25(30,19(34-5)18(22)24)20(24)26-21(22)28/h12-20,29-30H,6-10H2,1-5H3,(H,26,28)/t12-,13-,14+,15+,16-,17+,18-,19+,20-,22+,23-,24+,25+/m1/s1. The minimum absolute atomic E-state index is 0.0392. The number of rotatable bonds is 6. The van der Waals surface area contributed by atoms with Gasteiger partial charge in [-0.3, -0.25) is 9.59 Å². The molecule has 0 aromatic carbocycles. The van der Waals surface area contributed by atoms with Gasteiger partial charge in [-0.05, 0) is 25.2 Å². The zero-order valence-electron chi connectivity index (χ0n) is 21.0. The zero-order valence-corrected chi connectivity index (χ0v) is 21.0. The largest absolute Gasteiger partial charge is 0.465 e. The van der Waals surface area contributed by atoms with Gasteiger partial charge in [0.05, 0.1) is 35.9 Å². The van der Waals surface area contributed by atoms with Crippen molar-refractivity contribution in [2.24, 2.45) is 34.5 Å². The number of nitrogens with one attached hydrogen (secondary N) is 1. The van der Waals surface area contributed by atoms with Gasteiger partial charge in [0.25, 0.3) is 0 Å². The van der Waals surface area contributed by atoms with E-state index in [2.05, 4.69) is 5.32 Å². The van der Waals surface area contributed by atoms with Gasteiger partial charge in [-0.2, -0.15) is 0 Å². The summed E-state index contributed by atoms with van der Waals surface area (Å²) in [6, 6.07) is -0.786. The molecule has 1 heterocycles. The Kier molecular flexibility index (Phi) is 5.08. The van der Waals surface area contributed by atoms with Crippen molar-refractivity contribution in [2.45, 2.75) is 74.3 Å². The quantitative estimate of drug-likeness (QED) is 0.423. The normalized spacial score (nSPS) is 57.1. The molecule has 0 aromatic heterocycles. The van der Waals surface area contributed by atoms with Crippen molar-refractivity contribution in [3.8, 4) is 0 Å². The van der Waals surface area contributed by atoms with E-state index in [1.807, 2.05) is 0 Å². The molecule has 3 N–H and O–H groups in total. The number of aliphatic hydroxyl groups is 2. The Hall–Kier alpha value is -1.30. The lowest BCUT2D eigenvalue weighted by atomic mass is 9.43. The van der Waals surface area contributed by atoms with E-state index in [-0.39, 0.29) is 55.0 Å². The monoisotopic (exact) mass is 495 g/mol. The average molecular weight is 496 g/mol. The summed E-state index contributed by atoms with van der Waals surface area (Å²) in [5.41, 5.74) is -5.27. The molecule has 5 aliphatic carbocycles. The van der Waals surface area contributed by atoms with E-state index in [1.165, 1.54) is 14.0 Å². The Morgan fingerprint density at radius 3 is 2.46 bits per heavy atom. The highest BCUT2D eigenvalue weighted by Gasteiger charge is 2.92. The molecule has 0 radical (unpaired) electrons. The van der Waals surface area contributed by atoms with Crippen LogP contribution in [-0.2, 0) is 33.3 Å². The Bertz CT molecular complexity index is 946. The van der Waals surface area contributed by atoms with Crippen molar-refractivity contribution in [1.82, 2.24) is 5.32 Å². The van der Waals surface area contributed by atoms with Gasteiger partial charge in [-0.15, -0.1) is 0 Å². The number of carbonyl (C=O) groups excluding carboxylic acids is 2. The number of amides is 1. The van der Waals surface area contributed by atoms with Crippen molar-refractivity contribution < 1.29 is 43.5 Å². The van der Waals surface area contributed by atoms with Crippen LogP contribution in [0.25, 0.3) is 0 Å². The van der Waals surface area contributed by atoms with Gasteiger partial charge >= 0.3 is 5.97 Å². The third-order valence-corrected chi connectivity index (χ3v) is 11.2. The lowest BCUT2D eigenvalue weighted by Gasteiger charge is -2.67. The molecule has 0 unspecified atom stereocenters. The number of carbonyl (C=O) groups is 2. The summed E-state index contributed by atoms with van der Waals surface area (Å²) in [6.07, 6.45) is 0.120. The molecular formula is C25H37NO9. The average Bonchev–Trinajstić information content (AvgIpc) is 3.24. The Morgan fingerprint density at radius 1 is 1.11 bits per heavy atom. The predicted octanol–water partition coefficient (Wildman–Crippen LogP) is -0.364. The highest BCUT2D eigenvalue weighted by molar-refractivity contribution is 5.87. The molecule has 1 saturated heterocycles. The first-order chi connectivity index (χ1) is 16.6. The fourth-order valence-electron chi connectivity index (χ4n) is 10.4. The van der Waals surface area contributed by atoms with Gasteiger partial charge in [0.15, 0.2) is 0 Å². The fraction of sp³-hybridized carbons (Fsp3) is 0.920. The lowest BCUT2D eigenvalue weighted by Crippen LogP contribution is -2.82. The van der Waals surface area contributed by atoms with Crippen LogP contribution in [0, 0.1) is 34.5 Å². The minimum atomic E-state index is -1.81. The third kappa shape index (κ3) is 2.34. The molecule has 10 nitrogen and oxygen atoms in total. The van der Waals surface area contributed by atoms with E-state index in [0.29, 0.717) is 19.3 Å². The maximum Gasteiger partial charge on any atom is 0.302 e. The van der Waals surface area contributed by atoms with E-state index in [0.717, 1.165) is 0 Å². The molecule has 0 aromatic rings. The van der Waals surface area contributed by atoms with Gasteiger partial charge in [0, 0.05) is 65.0 Å². The molecule has 35 heavy (non-hydrogen) atoms. The Balaban J connectivity index is 1.63. The minimum Gasteiger partial charge on any atom is -0.465 e. The number of hydrogen-bond acceptors (Lipinski definition) is 9. The number of ether oxygens (including phenoxy) is 5. The number of hydrogen-bond donors (Lipinski definition) is 3. The van der Waals surface area contributed by atoms with Crippen LogP contribution in [0.2, 0.25) is 0 Å². The van der Waals surface area contributed by atoms with Gasteiger partial charge in [0.1, 0.15) is 17.8 Å². The van der Waals surface area contributed by atoms with Crippen molar-refractivity contribution in [2.75, 3.05) is 35.0 Å². The molecule has 6 rings (SSSR count). The second-order valence-corrected chi connectivity index (χ2v) is 11.7. The van der Waals surface area contributed by atoms with Crippen LogP contribution in [-0.4, -0.2) is 98.8 Å². The molecule has 10 heteroatoms. The molecule has 6 aliphatic rings. The fourth-order valence-corrected chi connectivity index (χ4v) is 10.4. The van der Waals surface area contributed by atoms with Crippen molar-refractivity contribution in [1.29, 1.82) is 0 Å². The highest BCUT2D eigenvalue weighted by Crippen LogP contribution is 2.79. The molecule has 1 spiro atoms. The number of esters is 1. The van der Waals surface area contributed by atoms with Crippen LogP contribution in [0.4, 0.5) is 0 Å². The third-order valence-electron chi connectivity index (χ3n) is 11.2. The SMILES string of the molecule is CO[C@H]1[C@@H]2C[C@@H]3[C@H]1[C@](O)(C[C@@H]2OC)[C@@]1(O)[C@@H]2NC(=O)[C@]4(COC(C)=O)CC[C@H](OC)[C@]32[C@@H]4[C@@H]1OC. The van der Waals surface area contributed by atoms with Gasteiger partial charge in [-0.1, -0.05) is 0 Å². The van der Waals surface area contributed by atoms with Crippen LogP contribution < -0.4 is 5.32 Å². The van der Waals surface area contributed by atoms with E-state index in [4.69, 9.17) is 23.7 Å². The van der Waals surface area contributed by atoms with E-state index < -0.39 is 46.1 Å². The van der Waals surface area contributed by atoms with Gasteiger partial charge in [0.2, 0.25) is 5.91 Å². The predicted molar refractivity (Wildman–Crippen MR) is 119 cm³/mol. The first-order valence-electron chi connectivity index (χ1n) is 12.6. The summed E-state index contributed by atoms with van der Waals surface area (Å²) in [5, 5.41) is 28.5. The molecule has 6 fully saturated rings. The van der Waals surface area contributed by atoms with Crippen LogP contribution in [0.1, 0.15) is 32.6 Å². The van der Waals surface area contributed by atoms with E-state index >= 15 is 0 Å². The lowest BCUT2D eigenvalue weighted by molar-refractivity contribution is -0.299. The second-order valence-electron chi connectivity index (χ2n) is 11.7. The molecule has 13 atom stereocenters. The molecule has 196 valence electrons. The summed E-state index contributed by atoms with van der Waals surface area (Å²) < 4.78 is 29.6. The van der Waals surface area contributed by atoms with Crippen LogP contribution in [0.15, 0.2) is 0 Å². The van der Waals surface area contributed by atoms with Gasteiger partial charge < -0.3 is 39.2 Å². The van der Waals surface area contributed by atoms with Crippen molar-refractivity contribution in [3.05, 3.63) is 0 Å². The molecule has 1 aliphatic heterocycles. The van der Waals surface area contributed by atoms with Crippen molar-refractivity contribution >= 4 is 11.9 Å². The first-order valence-corrected chi connectivity index (χ1v) is 12.6. The maximum absolute atomic E-state index is 13.8. The summed E-state index contributed by atoms with van der Waals surface area (Å²) >= 11 is 0. The summed E-state index contributed by atoms with van der Waals surface area (Å²) in [5.74, 6) is -1.72. The first kappa shape index (κ1) is 24.1.